The van der Waals surface area contributed by atoms with Crippen LogP contribution in [0.1, 0.15) is 21.5 Å². The van der Waals surface area contributed by atoms with Gasteiger partial charge in [-0.15, -0.1) is 0 Å². The van der Waals surface area contributed by atoms with Gasteiger partial charge in [0, 0.05) is 5.56 Å². The van der Waals surface area contributed by atoms with Crippen molar-refractivity contribution in [2.24, 2.45) is 0 Å². The number of alkyl halides is 1. The van der Waals surface area contributed by atoms with E-state index in [1.807, 2.05) is 25.1 Å². The number of halogens is 2. The smallest absolute Gasteiger partial charge is 0.173 e. The molecule has 1 atom stereocenters. The van der Waals surface area contributed by atoms with Gasteiger partial charge in [0.2, 0.25) is 0 Å². The van der Waals surface area contributed by atoms with E-state index in [9.17, 15) is 0 Å². The van der Waals surface area contributed by atoms with Gasteiger partial charge in [-0.05, 0) is 52.2 Å². The van der Waals surface area contributed by atoms with Gasteiger partial charge in [0.15, 0.2) is 16.2 Å². The molecular weight excluding hydrogens is 376 g/mol. The Kier molecular flexibility index (Phi) is 4.58. The summed E-state index contributed by atoms with van der Waals surface area (Å²) in [5, 5.41) is 0. The molecule has 1 unspecified atom stereocenters. The molecule has 0 aliphatic carbocycles. The van der Waals surface area contributed by atoms with E-state index in [1.54, 1.807) is 20.5 Å². The lowest BCUT2D eigenvalue weighted by Crippen LogP contribution is -1.99. The van der Waals surface area contributed by atoms with E-state index in [-0.39, 0.29) is 4.83 Å². The summed E-state index contributed by atoms with van der Waals surface area (Å²) < 4.78 is 16.7. The fourth-order valence-corrected chi connectivity index (χ4v) is 3.55. The molecule has 0 spiro atoms. The first-order valence-electron chi connectivity index (χ1n) is 5.68. The van der Waals surface area contributed by atoms with Gasteiger partial charge in [-0.1, -0.05) is 15.9 Å². The first-order valence-corrected chi connectivity index (χ1v) is 7.38. The number of hydrogen-bond donors (Lipinski definition) is 0. The molecule has 0 amide bonds. The molecule has 5 heteroatoms. The molecule has 0 bridgehead atoms. The second kappa shape index (κ2) is 6.01. The highest BCUT2D eigenvalue weighted by atomic mass is 79.9. The van der Waals surface area contributed by atoms with Crippen molar-refractivity contribution in [2.75, 3.05) is 14.2 Å². The van der Waals surface area contributed by atoms with Crippen molar-refractivity contribution >= 4 is 31.9 Å². The van der Waals surface area contributed by atoms with E-state index in [2.05, 4.69) is 31.9 Å². The number of aryl methyl sites for hydroxylation is 1. The Bertz CT molecular complexity index is 578. The number of ether oxygens (including phenoxy) is 2. The van der Waals surface area contributed by atoms with Crippen molar-refractivity contribution in [3.8, 4) is 11.5 Å². The number of rotatable bonds is 4. The van der Waals surface area contributed by atoms with Gasteiger partial charge in [-0.25, -0.2) is 0 Å². The van der Waals surface area contributed by atoms with Gasteiger partial charge in [0.05, 0.1) is 25.3 Å². The third-order valence-corrected chi connectivity index (χ3v) is 4.60. The van der Waals surface area contributed by atoms with Crippen LogP contribution in [0.3, 0.4) is 0 Å². The molecule has 19 heavy (non-hydrogen) atoms. The van der Waals surface area contributed by atoms with Crippen molar-refractivity contribution in [1.82, 2.24) is 0 Å². The topological polar surface area (TPSA) is 31.6 Å². The molecule has 1 heterocycles. The van der Waals surface area contributed by atoms with Crippen molar-refractivity contribution in [3.63, 3.8) is 0 Å². The van der Waals surface area contributed by atoms with Crippen LogP contribution in [0.4, 0.5) is 0 Å². The minimum absolute atomic E-state index is 0.0282. The quantitative estimate of drug-likeness (QED) is 0.700. The highest BCUT2D eigenvalue weighted by Gasteiger charge is 2.20. The summed E-state index contributed by atoms with van der Waals surface area (Å²) in [6.07, 6.45) is 1.66. The van der Waals surface area contributed by atoms with E-state index in [1.165, 1.54) is 0 Å². The van der Waals surface area contributed by atoms with E-state index in [4.69, 9.17) is 13.9 Å². The van der Waals surface area contributed by atoms with Gasteiger partial charge >= 0.3 is 0 Å². The monoisotopic (exact) mass is 388 g/mol. The van der Waals surface area contributed by atoms with Crippen LogP contribution >= 0.6 is 31.9 Å². The first-order chi connectivity index (χ1) is 9.08. The average molecular weight is 390 g/mol. The molecule has 1 aromatic carbocycles. The highest BCUT2D eigenvalue weighted by Crippen LogP contribution is 2.41. The first kappa shape index (κ1) is 14.5. The Morgan fingerprint density at radius 3 is 2.26 bits per heavy atom. The molecule has 0 saturated carbocycles. The summed E-state index contributed by atoms with van der Waals surface area (Å²) in [6.45, 7) is 2.04. The van der Waals surface area contributed by atoms with E-state index in [0.29, 0.717) is 5.75 Å². The van der Waals surface area contributed by atoms with Crippen molar-refractivity contribution in [1.29, 1.82) is 0 Å². The maximum absolute atomic E-state index is 5.35. The van der Waals surface area contributed by atoms with Gasteiger partial charge in [0.25, 0.3) is 0 Å². The molecule has 102 valence electrons. The maximum atomic E-state index is 5.35. The summed E-state index contributed by atoms with van der Waals surface area (Å²) in [4.78, 5) is 0.0282. The standard InChI is InChI=1S/C14H14Br2O3/c1-8-6-11(17-2)12(18-3)7-10(8)13(15)9-4-5-19-14(9)16/h4-7,13H,1-3H3. The Labute approximate surface area is 129 Å². The molecule has 3 nitrogen and oxygen atoms in total. The van der Waals surface area contributed by atoms with Gasteiger partial charge in [0.1, 0.15) is 0 Å². The molecule has 0 saturated heterocycles. The minimum Gasteiger partial charge on any atom is -0.493 e. The zero-order chi connectivity index (χ0) is 14.0. The van der Waals surface area contributed by atoms with Crippen LogP contribution in [0.15, 0.2) is 33.5 Å². The van der Waals surface area contributed by atoms with Gasteiger partial charge in [-0.2, -0.15) is 0 Å². The van der Waals surface area contributed by atoms with Crippen LogP contribution in [0.25, 0.3) is 0 Å². The normalized spacial score (nSPS) is 12.3. The van der Waals surface area contributed by atoms with E-state index >= 15 is 0 Å². The predicted octanol–water partition coefficient (Wildman–Crippen LogP) is 4.85. The predicted molar refractivity (Wildman–Crippen MR) is 81.5 cm³/mol. The second-order valence-corrected chi connectivity index (χ2v) is 5.71. The lowest BCUT2D eigenvalue weighted by atomic mass is 10.0. The molecule has 0 radical (unpaired) electrons. The minimum atomic E-state index is 0.0282. The summed E-state index contributed by atoms with van der Waals surface area (Å²) in [7, 11) is 3.27. The molecular formula is C14H14Br2O3. The number of methoxy groups -OCH3 is 2. The number of benzene rings is 1. The van der Waals surface area contributed by atoms with Crippen molar-refractivity contribution in [2.45, 2.75) is 11.8 Å². The van der Waals surface area contributed by atoms with E-state index < -0.39 is 0 Å². The molecule has 0 N–H and O–H groups in total. The van der Waals surface area contributed by atoms with Crippen LogP contribution in [-0.4, -0.2) is 14.2 Å². The second-order valence-electron chi connectivity index (χ2n) is 4.08. The zero-order valence-corrected chi connectivity index (χ0v) is 14.0. The summed E-state index contributed by atoms with van der Waals surface area (Å²) >= 11 is 7.10. The maximum Gasteiger partial charge on any atom is 0.173 e. The van der Waals surface area contributed by atoms with Crippen LogP contribution in [-0.2, 0) is 0 Å². The third-order valence-electron chi connectivity index (χ3n) is 2.96. The summed E-state index contributed by atoms with van der Waals surface area (Å²) in [5.74, 6) is 1.45. The van der Waals surface area contributed by atoms with Crippen LogP contribution < -0.4 is 9.47 Å². The number of furan rings is 1. The SMILES string of the molecule is COc1cc(C)c(C(Br)c2ccoc2Br)cc1OC. The zero-order valence-electron chi connectivity index (χ0n) is 10.9. The lowest BCUT2D eigenvalue weighted by Gasteiger charge is -2.16. The molecule has 2 aromatic rings. The van der Waals surface area contributed by atoms with Crippen molar-refractivity contribution < 1.29 is 13.9 Å². The Morgan fingerprint density at radius 2 is 1.74 bits per heavy atom. The fraction of sp³-hybridized carbons (Fsp3) is 0.286. The highest BCUT2D eigenvalue weighted by molar-refractivity contribution is 9.10. The third kappa shape index (κ3) is 2.82. The Hall–Kier alpha value is -0.940. The van der Waals surface area contributed by atoms with Crippen LogP contribution in [0.2, 0.25) is 0 Å². The molecule has 2 rings (SSSR count). The Morgan fingerprint density at radius 1 is 1.11 bits per heavy atom. The van der Waals surface area contributed by atoms with Crippen LogP contribution in [0, 0.1) is 6.92 Å². The fourth-order valence-electron chi connectivity index (χ4n) is 1.92. The lowest BCUT2D eigenvalue weighted by molar-refractivity contribution is 0.354. The van der Waals surface area contributed by atoms with Gasteiger partial charge < -0.3 is 13.9 Å². The average Bonchev–Trinajstić information content (AvgIpc) is 2.83. The summed E-state index contributed by atoms with van der Waals surface area (Å²) in [6, 6.07) is 5.88. The van der Waals surface area contributed by atoms with Crippen molar-refractivity contribution in [3.05, 3.63) is 45.8 Å². The molecule has 1 aromatic heterocycles. The Balaban J connectivity index is 2.48. The summed E-state index contributed by atoms with van der Waals surface area (Å²) in [5.41, 5.74) is 3.27. The van der Waals surface area contributed by atoms with Gasteiger partial charge in [-0.3, -0.25) is 0 Å². The largest absolute Gasteiger partial charge is 0.493 e. The molecule has 0 aliphatic rings. The molecule has 0 aliphatic heterocycles. The molecule has 0 fully saturated rings. The van der Waals surface area contributed by atoms with E-state index in [0.717, 1.165) is 27.1 Å². The number of hydrogen-bond acceptors (Lipinski definition) is 3. The van der Waals surface area contributed by atoms with Crippen LogP contribution in [0.5, 0.6) is 11.5 Å².